The number of nitrogens with zero attached hydrogens (tertiary/aromatic N) is 2. The quantitative estimate of drug-likeness (QED) is 0.858. The number of aromatic nitrogens is 2. The van der Waals surface area contributed by atoms with E-state index < -0.39 is 5.60 Å². The number of rotatable bonds is 6. The van der Waals surface area contributed by atoms with Gasteiger partial charge >= 0.3 is 0 Å². The summed E-state index contributed by atoms with van der Waals surface area (Å²) in [5.41, 5.74) is 0.902. The van der Waals surface area contributed by atoms with E-state index in [1.165, 1.54) is 0 Å². The molecule has 2 heterocycles. The molecule has 0 radical (unpaired) electrons. The highest BCUT2D eigenvalue weighted by Crippen LogP contribution is 2.22. The largest absolute Gasteiger partial charge is 0.466 e. The Bertz CT molecular complexity index is 561. The lowest BCUT2D eigenvalue weighted by atomic mass is 10.0. The molecule has 0 bridgehead atoms. The summed E-state index contributed by atoms with van der Waals surface area (Å²) in [6.45, 7) is 4.69. The minimum absolute atomic E-state index is 0.370. The molecule has 0 saturated carbocycles. The van der Waals surface area contributed by atoms with Gasteiger partial charge in [0, 0.05) is 25.7 Å². The molecule has 2 aromatic rings. The van der Waals surface area contributed by atoms with E-state index in [1.807, 2.05) is 14.0 Å². The fourth-order valence-electron chi connectivity index (χ4n) is 2.16. The van der Waals surface area contributed by atoms with Crippen molar-refractivity contribution in [1.29, 1.82) is 0 Å². The van der Waals surface area contributed by atoms with Gasteiger partial charge in [0.05, 0.1) is 12.0 Å². The fraction of sp³-hybridized carbons (Fsp3) is 0.500. The lowest BCUT2D eigenvalue weighted by Gasteiger charge is -2.21. The Kier molecular flexibility index (Phi) is 4.52. The molecule has 0 aliphatic rings. The first-order valence-electron chi connectivity index (χ1n) is 6.63. The van der Waals surface area contributed by atoms with Crippen molar-refractivity contribution in [3.63, 3.8) is 0 Å². The van der Waals surface area contributed by atoms with Gasteiger partial charge < -0.3 is 14.8 Å². The molecule has 0 spiro atoms. The Morgan fingerprint density at radius 3 is 2.90 bits per heavy atom. The number of aryl methyl sites for hydroxylation is 2. The summed E-state index contributed by atoms with van der Waals surface area (Å²) in [7, 11) is 1.82. The lowest BCUT2D eigenvalue weighted by molar-refractivity contribution is 0.0340. The van der Waals surface area contributed by atoms with Crippen molar-refractivity contribution in [1.82, 2.24) is 15.1 Å². The molecule has 0 aliphatic heterocycles. The second kappa shape index (κ2) is 5.99. The fourth-order valence-corrected chi connectivity index (χ4v) is 2.38. The Morgan fingerprint density at radius 2 is 2.30 bits per heavy atom. The summed E-state index contributed by atoms with van der Waals surface area (Å²) in [5.74, 6) is 0.540. The third kappa shape index (κ3) is 3.06. The van der Waals surface area contributed by atoms with Gasteiger partial charge in [0.1, 0.15) is 16.5 Å². The number of nitrogens with one attached hydrogen (secondary N) is 1. The molecular formula is C14H20ClN3O2. The first-order valence-corrected chi connectivity index (χ1v) is 7.01. The van der Waals surface area contributed by atoms with Crippen molar-refractivity contribution in [2.75, 3.05) is 6.54 Å². The molecule has 6 heteroatoms. The topological polar surface area (TPSA) is 63.2 Å². The molecular weight excluding hydrogens is 278 g/mol. The molecule has 1 unspecified atom stereocenters. The van der Waals surface area contributed by atoms with E-state index in [0.717, 1.165) is 17.7 Å². The summed E-state index contributed by atoms with van der Waals surface area (Å²) < 4.78 is 6.91. The Morgan fingerprint density at radius 1 is 1.55 bits per heavy atom. The predicted octanol–water partition coefficient (Wildman–Crippen LogP) is 2.23. The molecule has 20 heavy (non-hydrogen) atoms. The number of aliphatic hydroxyl groups is 1. The number of furan rings is 1. The van der Waals surface area contributed by atoms with Gasteiger partial charge in [-0.25, -0.2) is 0 Å². The maximum atomic E-state index is 10.3. The van der Waals surface area contributed by atoms with Crippen LogP contribution in [-0.4, -0.2) is 21.4 Å². The molecule has 110 valence electrons. The highest BCUT2D eigenvalue weighted by Gasteiger charge is 2.26. The molecule has 5 nitrogen and oxygen atoms in total. The van der Waals surface area contributed by atoms with Crippen LogP contribution in [0.4, 0.5) is 0 Å². The van der Waals surface area contributed by atoms with E-state index in [2.05, 4.69) is 10.4 Å². The molecule has 0 saturated heterocycles. The van der Waals surface area contributed by atoms with Crippen LogP contribution in [0.3, 0.4) is 0 Å². The monoisotopic (exact) mass is 297 g/mol. The first kappa shape index (κ1) is 15.1. The predicted molar refractivity (Wildman–Crippen MR) is 77.6 cm³/mol. The summed E-state index contributed by atoms with van der Waals surface area (Å²) >= 11 is 6.22. The van der Waals surface area contributed by atoms with Gasteiger partial charge in [0.15, 0.2) is 0 Å². The van der Waals surface area contributed by atoms with Gasteiger partial charge in [-0.2, -0.15) is 5.10 Å². The number of hydrogen-bond acceptors (Lipinski definition) is 4. The number of hydrogen-bond donors (Lipinski definition) is 2. The average Bonchev–Trinajstić information content (AvgIpc) is 3.02. The van der Waals surface area contributed by atoms with Gasteiger partial charge in [-0.05, 0) is 25.5 Å². The normalized spacial score (nSPS) is 14.4. The molecule has 0 aliphatic carbocycles. The molecule has 2 aromatic heterocycles. The van der Waals surface area contributed by atoms with Crippen LogP contribution < -0.4 is 5.32 Å². The summed E-state index contributed by atoms with van der Waals surface area (Å²) in [4.78, 5) is 0. The minimum Gasteiger partial charge on any atom is -0.466 e. The van der Waals surface area contributed by atoms with Crippen molar-refractivity contribution >= 4 is 11.6 Å². The van der Waals surface area contributed by atoms with Crippen LogP contribution in [0, 0.1) is 0 Å². The smallest absolute Gasteiger partial charge is 0.136 e. The Balaban J connectivity index is 2.00. The van der Waals surface area contributed by atoms with Gasteiger partial charge in [0.2, 0.25) is 0 Å². The molecule has 0 aromatic carbocycles. The molecule has 2 rings (SSSR count). The van der Waals surface area contributed by atoms with Crippen LogP contribution in [0.2, 0.25) is 5.15 Å². The molecule has 1 atom stereocenters. The van der Waals surface area contributed by atoms with Crippen molar-refractivity contribution in [2.24, 2.45) is 7.05 Å². The van der Waals surface area contributed by atoms with Crippen molar-refractivity contribution in [2.45, 2.75) is 32.4 Å². The highest BCUT2D eigenvalue weighted by atomic mass is 35.5. The van der Waals surface area contributed by atoms with Crippen molar-refractivity contribution in [3.05, 3.63) is 40.6 Å². The van der Waals surface area contributed by atoms with Crippen LogP contribution >= 0.6 is 11.6 Å². The Labute approximate surface area is 123 Å². The SMILES string of the molecule is CCc1nn(C)c(Cl)c1CNCC(C)(O)c1ccco1. The third-order valence-electron chi connectivity index (χ3n) is 3.31. The summed E-state index contributed by atoms with van der Waals surface area (Å²) in [6.07, 6.45) is 2.38. The van der Waals surface area contributed by atoms with Crippen LogP contribution in [0.1, 0.15) is 30.9 Å². The minimum atomic E-state index is -1.05. The molecule has 2 N–H and O–H groups in total. The van der Waals surface area contributed by atoms with E-state index in [0.29, 0.717) is 24.0 Å². The number of halogens is 1. The van der Waals surface area contributed by atoms with Gasteiger partial charge in [-0.1, -0.05) is 18.5 Å². The first-order chi connectivity index (χ1) is 9.45. The zero-order valence-corrected chi connectivity index (χ0v) is 12.7. The standard InChI is InChI=1S/C14H20ClN3O2/c1-4-11-10(13(15)18(3)17-11)8-16-9-14(2,19)12-6-5-7-20-12/h5-7,16,19H,4,8-9H2,1-3H3. The lowest BCUT2D eigenvalue weighted by Crippen LogP contribution is -2.34. The van der Waals surface area contributed by atoms with Crippen LogP contribution in [-0.2, 0) is 25.6 Å². The van der Waals surface area contributed by atoms with E-state index in [4.69, 9.17) is 16.0 Å². The maximum Gasteiger partial charge on any atom is 0.136 e. The van der Waals surface area contributed by atoms with Crippen molar-refractivity contribution in [3.8, 4) is 0 Å². The van der Waals surface area contributed by atoms with E-state index >= 15 is 0 Å². The summed E-state index contributed by atoms with van der Waals surface area (Å²) in [5, 5.41) is 18.5. The highest BCUT2D eigenvalue weighted by molar-refractivity contribution is 6.30. The summed E-state index contributed by atoms with van der Waals surface area (Å²) in [6, 6.07) is 3.52. The van der Waals surface area contributed by atoms with Crippen LogP contribution in [0.5, 0.6) is 0 Å². The maximum absolute atomic E-state index is 10.3. The Hall–Kier alpha value is -1.30. The van der Waals surface area contributed by atoms with E-state index in [1.54, 1.807) is 30.0 Å². The van der Waals surface area contributed by atoms with Crippen LogP contribution in [0.25, 0.3) is 0 Å². The second-order valence-corrected chi connectivity index (χ2v) is 5.41. The van der Waals surface area contributed by atoms with Gasteiger partial charge in [-0.15, -0.1) is 0 Å². The van der Waals surface area contributed by atoms with Crippen molar-refractivity contribution < 1.29 is 9.52 Å². The molecule has 0 fully saturated rings. The zero-order valence-electron chi connectivity index (χ0n) is 12.0. The van der Waals surface area contributed by atoms with Crippen LogP contribution in [0.15, 0.2) is 22.8 Å². The van der Waals surface area contributed by atoms with E-state index in [-0.39, 0.29) is 0 Å². The third-order valence-corrected chi connectivity index (χ3v) is 3.78. The van der Waals surface area contributed by atoms with E-state index in [9.17, 15) is 5.11 Å². The average molecular weight is 298 g/mol. The second-order valence-electron chi connectivity index (χ2n) is 5.05. The molecule has 0 amide bonds. The van der Waals surface area contributed by atoms with Gasteiger partial charge in [0.25, 0.3) is 0 Å². The van der Waals surface area contributed by atoms with Gasteiger partial charge in [-0.3, -0.25) is 4.68 Å². The zero-order chi connectivity index (χ0) is 14.8.